The summed E-state index contributed by atoms with van der Waals surface area (Å²) < 4.78 is 32.3. The van der Waals surface area contributed by atoms with Crippen molar-refractivity contribution in [1.82, 2.24) is 4.90 Å². The number of benzene rings is 3. The molecule has 8 heteroatoms. The number of nitrogens with one attached hydrogen (secondary N) is 1. The summed E-state index contributed by atoms with van der Waals surface area (Å²) in [6.07, 6.45) is 1.75. The molecule has 0 aliphatic carbocycles. The molecule has 3 aromatic rings. The van der Waals surface area contributed by atoms with Crippen LogP contribution in [0.3, 0.4) is 0 Å². The van der Waals surface area contributed by atoms with E-state index in [0.29, 0.717) is 12.1 Å². The molecular weight excluding hydrogens is 476 g/mol. The summed E-state index contributed by atoms with van der Waals surface area (Å²) in [6, 6.07) is 16.2. The first-order valence-corrected chi connectivity index (χ1v) is 12.3. The molecule has 6 nitrogen and oxygen atoms in total. The van der Waals surface area contributed by atoms with E-state index in [0.717, 1.165) is 67.0 Å². The second-order valence-corrected chi connectivity index (χ2v) is 9.91. The lowest BCUT2D eigenvalue weighted by molar-refractivity contribution is 0.0600. The lowest BCUT2D eigenvalue weighted by atomic mass is 9.74. The number of hydrogen-bond donors (Lipinski definition) is 1. The van der Waals surface area contributed by atoms with Crippen molar-refractivity contribution >= 4 is 23.4 Å². The lowest BCUT2D eigenvalue weighted by Gasteiger charge is -2.40. The minimum atomic E-state index is -0.806. The van der Waals surface area contributed by atoms with Crippen LogP contribution in [-0.2, 0) is 16.7 Å². The Morgan fingerprint density at radius 1 is 1.00 bits per heavy atom. The first-order chi connectivity index (χ1) is 17.8. The van der Waals surface area contributed by atoms with Crippen molar-refractivity contribution in [2.24, 2.45) is 0 Å². The summed E-state index contributed by atoms with van der Waals surface area (Å²) in [7, 11) is 1.37. The Morgan fingerprint density at radius 2 is 1.73 bits per heavy atom. The van der Waals surface area contributed by atoms with Gasteiger partial charge in [0.1, 0.15) is 11.6 Å². The quantitative estimate of drug-likeness (QED) is 0.466. The van der Waals surface area contributed by atoms with Gasteiger partial charge in [0.25, 0.3) is 0 Å². The van der Waals surface area contributed by atoms with Crippen molar-refractivity contribution in [3.63, 3.8) is 0 Å². The van der Waals surface area contributed by atoms with Gasteiger partial charge < -0.3 is 10.1 Å². The number of hydrogen-bond acceptors (Lipinski definition) is 4. The van der Waals surface area contributed by atoms with Gasteiger partial charge in [-0.2, -0.15) is 0 Å². The van der Waals surface area contributed by atoms with Gasteiger partial charge in [0.2, 0.25) is 0 Å². The number of piperidine rings is 1. The fourth-order valence-electron chi connectivity index (χ4n) is 5.43. The summed E-state index contributed by atoms with van der Waals surface area (Å²) in [5.41, 5.74) is 4.51. The van der Waals surface area contributed by atoms with E-state index in [1.165, 1.54) is 13.2 Å². The van der Waals surface area contributed by atoms with Crippen LogP contribution < -0.4 is 10.2 Å². The van der Waals surface area contributed by atoms with Gasteiger partial charge in [-0.15, -0.1) is 0 Å². The van der Waals surface area contributed by atoms with E-state index in [1.807, 2.05) is 31.2 Å². The highest BCUT2D eigenvalue weighted by molar-refractivity contribution is 6.03. The number of ether oxygens (including phenoxy) is 1. The Morgan fingerprint density at radius 3 is 2.41 bits per heavy atom. The van der Waals surface area contributed by atoms with Crippen LogP contribution in [0, 0.1) is 18.6 Å². The third-order valence-corrected chi connectivity index (χ3v) is 7.49. The number of fused-ring (bicyclic) bond motifs is 2. The van der Waals surface area contributed by atoms with E-state index in [2.05, 4.69) is 16.3 Å². The molecule has 0 radical (unpaired) electrons. The maximum absolute atomic E-state index is 14.2. The third-order valence-electron chi connectivity index (χ3n) is 7.49. The Kier molecular flexibility index (Phi) is 6.69. The highest BCUT2D eigenvalue weighted by Crippen LogP contribution is 2.47. The number of carbonyl (C=O) groups is 2. The normalized spacial score (nSPS) is 16.5. The molecule has 2 aliphatic rings. The van der Waals surface area contributed by atoms with Gasteiger partial charge in [0.05, 0.1) is 18.4 Å². The standard InChI is InChI=1S/C29H29F2N3O3/c1-19-3-10-26-23(15-19)29(18-34(26)28(36)32-25-9-8-22(30)16-24(25)31)11-13-33(14-12-29)17-20-4-6-21(7-5-20)27(35)37-2/h3-10,15-16H,11-14,17-18H2,1-2H3,(H,32,36). The molecule has 37 heavy (non-hydrogen) atoms. The number of esters is 1. The molecule has 192 valence electrons. The van der Waals surface area contributed by atoms with Crippen LogP contribution in [0.1, 0.15) is 39.9 Å². The van der Waals surface area contributed by atoms with Crippen LogP contribution in [0.4, 0.5) is 25.0 Å². The maximum atomic E-state index is 14.2. The predicted molar refractivity (Wildman–Crippen MR) is 138 cm³/mol. The van der Waals surface area contributed by atoms with Crippen LogP contribution in [0.5, 0.6) is 0 Å². The minimum absolute atomic E-state index is 0.0472. The molecule has 2 amide bonds. The van der Waals surface area contributed by atoms with E-state index in [-0.39, 0.29) is 17.1 Å². The number of amides is 2. The molecule has 0 unspecified atom stereocenters. The Bertz CT molecular complexity index is 1330. The molecule has 2 aliphatic heterocycles. The molecule has 1 fully saturated rings. The minimum Gasteiger partial charge on any atom is -0.465 e. The first kappa shape index (κ1) is 24.9. The van der Waals surface area contributed by atoms with E-state index in [4.69, 9.17) is 4.74 Å². The number of aryl methyl sites for hydroxylation is 1. The molecule has 5 rings (SSSR count). The van der Waals surface area contributed by atoms with Crippen molar-refractivity contribution in [2.45, 2.75) is 31.7 Å². The van der Waals surface area contributed by atoms with Gasteiger partial charge in [-0.05, 0) is 74.3 Å². The SMILES string of the molecule is COC(=O)c1ccc(CN2CCC3(CC2)CN(C(=O)Nc2ccc(F)cc2F)c2ccc(C)cc23)cc1. The molecule has 2 heterocycles. The van der Waals surface area contributed by atoms with Gasteiger partial charge >= 0.3 is 12.0 Å². The van der Waals surface area contributed by atoms with E-state index in [9.17, 15) is 18.4 Å². The molecular formula is C29H29F2N3O3. The van der Waals surface area contributed by atoms with Gasteiger partial charge in [-0.25, -0.2) is 18.4 Å². The number of methoxy groups -OCH3 is 1. The van der Waals surface area contributed by atoms with E-state index >= 15 is 0 Å². The molecule has 0 aromatic heterocycles. The van der Waals surface area contributed by atoms with Gasteiger partial charge in [-0.1, -0.05) is 29.8 Å². The molecule has 1 saturated heterocycles. The Labute approximate surface area is 214 Å². The lowest BCUT2D eigenvalue weighted by Crippen LogP contribution is -2.46. The van der Waals surface area contributed by atoms with Crippen LogP contribution in [-0.4, -0.2) is 43.6 Å². The van der Waals surface area contributed by atoms with Gasteiger partial charge in [0.15, 0.2) is 0 Å². The first-order valence-electron chi connectivity index (χ1n) is 12.3. The van der Waals surface area contributed by atoms with Gasteiger partial charge in [-0.3, -0.25) is 9.80 Å². The molecule has 3 aromatic carbocycles. The summed E-state index contributed by atoms with van der Waals surface area (Å²) in [6.45, 7) is 5.02. The molecule has 0 atom stereocenters. The van der Waals surface area contributed by atoms with Crippen LogP contribution in [0.2, 0.25) is 0 Å². The van der Waals surface area contributed by atoms with Crippen LogP contribution >= 0.6 is 0 Å². The van der Waals surface area contributed by atoms with E-state index in [1.54, 1.807) is 17.0 Å². The molecule has 1 spiro atoms. The summed E-state index contributed by atoms with van der Waals surface area (Å²) >= 11 is 0. The second kappa shape index (κ2) is 9.94. The smallest absolute Gasteiger partial charge is 0.337 e. The topological polar surface area (TPSA) is 61.9 Å². The zero-order chi connectivity index (χ0) is 26.2. The van der Waals surface area contributed by atoms with Crippen molar-refractivity contribution < 1.29 is 23.1 Å². The number of urea groups is 1. The Hall–Kier alpha value is -3.78. The molecule has 1 N–H and O–H groups in total. The zero-order valence-electron chi connectivity index (χ0n) is 20.9. The molecule has 0 bridgehead atoms. The second-order valence-electron chi connectivity index (χ2n) is 9.91. The summed E-state index contributed by atoms with van der Waals surface area (Å²) in [4.78, 5) is 29.0. The number of anilines is 2. The maximum Gasteiger partial charge on any atom is 0.337 e. The van der Waals surface area contributed by atoms with Gasteiger partial charge in [0, 0.05) is 30.3 Å². The number of halogens is 2. The monoisotopic (exact) mass is 505 g/mol. The highest BCUT2D eigenvalue weighted by Gasteiger charge is 2.46. The number of likely N-dealkylation sites (tertiary alicyclic amines) is 1. The summed E-state index contributed by atoms with van der Waals surface area (Å²) in [5, 5.41) is 2.62. The zero-order valence-corrected chi connectivity index (χ0v) is 20.9. The largest absolute Gasteiger partial charge is 0.465 e. The fraction of sp³-hybridized carbons (Fsp3) is 0.310. The number of nitrogens with zero attached hydrogens (tertiary/aromatic N) is 2. The number of carbonyl (C=O) groups excluding carboxylic acids is 2. The highest BCUT2D eigenvalue weighted by atomic mass is 19.1. The number of rotatable bonds is 4. The third kappa shape index (κ3) is 4.93. The van der Waals surface area contributed by atoms with Crippen molar-refractivity contribution in [1.29, 1.82) is 0 Å². The Balaban J connectivity index is 1.30. The summed E-state index contributed by atoms with van der Waals surface area (Å²) in [5.74, 6) is -1.85. The average Bonchev–Trinajstić information content (AvgIpc) is 3.20. The average molecular weight is 506 g/mol. The molecule has 0 saturated carbocycles. The van der Waals surface area contributed by atoms with Crippen LogP contribution in [0.25, 0.3) is 0 Å². The fourth-order valence-corrected chi connectivity index (χ4v) is 5.43. The predicted octanol–water partition coefficient (Wildman–Crippen LogP) is 5.65. The van der Waals surface area contributed by atoms with Crippen molar-refractivity contribution in [3.8, 4) is 0 Å². The van der Waals surface area contributed by atoms with E-state index < -0.39 is 17.7 Å². The van der Waals surface area contributed by atoms with Crippen LogP contribution in [0.15, 0.2) is 60.7 Å². The van der Waals surface area contributed by atoms with Crippen molar-refractivity contribution in [3.05, 3.63) is 94.6 Å². The van der Waals surface area contributed by atoms with Crippen molar-refractivity contribution in [2.75, 3.05) is 37.0 Å².